The highest BCUT2D eigenvalue weighted by Gasteiger charge is 2.32. The standard InChI is InChI=1S/C13H10F3N3O4S/c14-13(15,16)23-8-4-2-1-3-7(8)6-17-19-12-18-11(22)9(24-12)5-10(20)21/h1-4,6,9H,5H2,(H,20,21)(H,18,19,22). The predicted octanol–water partition coefficient (Wildman–Crippen LogP) is 1.98. The van der Waals surface area contributed by atoms with E-state index in [0.29, 0.717) is 0 Å². The summed E-state index contributed by atoms with van der Waals surface area (Å²) in [5.41, 5.74) is 0.0376. The highest BCUT2D eigenvalue weighted by atomic mass is 32.2. The molecule has 2 N–H and O–H groups in total. The molecule has 1 aliphatic rings. The topological polar surface area (TPSA) is 100 Å². The summed E-state index contributed by atoms with van der Waals surface area (Å²) in [4.78, 5) is 22.1. The quantitative estimate of drug-likeness (QED) is 0.617. The van der Waals surface area contributed by atoms with Crippen molar-refractivity contribution in [1.82, 2.24) is 5.32 Å². The summed E-state index contributed by atoms with van der Waals surface area (Å²) in [6.45, 7) is 0. The molecule has 1 aliphatic heterocycles. The molecule has 1 fully saturated rings. The number of para-hydroxylation sites is 1. The summed E-state index contributed by atoms with van der Waals surface area (Å²) in [7, 11) is 0. The second kappa shape index (κ2) is 7.34. The Labute approximate surface area is 137 Å². The summed E-state index contributed by atoms with van der Waals surface area (Å²) in [6, 6.07) is 5.33. The summed E-state index contributed by atoms with van der Waals surface area (Å²) < 4.78 is 40.7. The fraction of sp³-hybridized carbons (Fsp3) is 0.231. The van der Waals surface area contributed by atoms with Gasteiger partial charge in [-0.25, -0.2) is 0 Å². The van der Waals surface area contributed by atoms with Crippen molar-refractivity contribution in [1.29, 1.82) is 0 Å². The Balaban J connectivity index is 2.07. The first-order valence-electron chi connectivity index (χ1n) is 6.40. The number of halogens is 3. The lowest BCUT2D eigenvalue weighted by atomic mass is 10.2. The number of aliphatic carboxylic acids is 1. The smallest absolute Gasteiger partial charge is 0.481 e. The van der Waals surface area contributed by atoms with Gasteiger partial charge in [-0.3, -0.25) is 9.59 Å². The second-order valence-electron chi connectivity index (χ2n) is 4.43. The molecule has 1 atom stereocenters. The van der Waals surface area contributed by atoms with E-state index < -0.39 is 29.2 Å². The monoisotopic (exact) mass is 361 g/mol. The van der Waals surface area contributed by atoms with Gasteiger partial charge in [0, 0.05) is 5.56 Å². The highest BCUT2D eigenvalue weighted by Crippen LogP contribution is 2.25. The second-order valence-corrected chi connectivity index (χ2v) is 5.62. The first kappa shape index (κ1) is 17.8. The average Bonchev–Trinajstić information content (AvgIpc) is 2.78. The van der Waals surface area contributed by atoms with Gasteiger partial charge in [0.1, 0.15) is 11.0 Å². The average molecular weight is 361 g/mol. The number of amidine groups is 1. The third kappa shape index (κ3) is 5.26. The zero-order valence-electron chi connectivity index (χ0n) is 11.8. The molecule has 7 nitrogen and oxygen atoms in total. The third-order valence-electron chi connectivity index (χ3n) is 2.63. The van der Waals surface area contributed by atoms with Crippen LogP contribution in [-0.4, -0.2) is 40.0 Å². The first-order valence-corrected chi connectivity index (χ1v) is 7.27. The summed E-state index contributed by atoms with van der Waals surface area (Å²) >= 11 is 0.880. The molecule has 0 radical (unpaired) electrons. The first-order chi connectivity index (χ1) is 11.2. The van der Waals surface area contributed by atoms with E-state index in [1.165, 1.54) is 18.2 Å². The lowest BCUT2D eigenvalue weighted by Crippen LogP contribution is -2.26. The Morgan fingerprint density at radius 3 is 2.79 bits per heavy atom. The molecule has 0 saturated carbocycles. The number of carboxylic acid groups (broad SMARTS) is 1. The van der Waals surface area contributed by atoms with Crippen molar-refractivity contribution < 1.29 is 32.6 Å². The van der Waals surface area contributed by atoms with E-state index in [-0.39, 0.29) is 17.2 Å². The molecule has 0 aliphatic carbocycles. The molecule has 2 rings (SSSR count). The molecule has 0 bridgehead atoms. The van der Waals surface area contributed by atoms with Crippen LogP contribution in [0.15, 0.2) is 34.5 Å². The third-order valence-corrected chi connectivity index (χ3v) is 3.70. The van der Waals surface area contributed by atoms with Crippen molar-refractivity contribution in [3.8, 4) is 5.75 Å². The summed E-state index contributed by atoms with van der Waals surface area (Å²) in [6.07, 6.45) is -4.18. The number of nitrogens with zero attached hydrogens (tertiary/aromatic N) is 2. The van der Waals surface area contributed by atoms with E-state index in [1.54, 1.807) is 0 Å². The Kier molecular flexibility index (Phi) is 5.44. The van der Waals surface area contributed by atoms with Gasteiger partial charge < -0.3 is 15.2 Å². The molecular formula is C13H10F3N3O4S. The maximum Gasteiger partial charge on any atom is 0.573 e. The normalized spacial score (nSPS) is 19.7. The number of carbonyl (C=O) groups excluding carboxylic acids is 1. The maximum absolute atomic E-state index is 12.3. The van der Waals surface area contributed by atoms with E-state index >= 15 is 0 Å². The van der Waals surface area contributed by atoms with Crippen LogP contribution in [0.1, 0.15) is 12.0 Å². The summed E-state index contributed by atoms with van der Waals surface area (Å²) in [5, 5.41) is 17.5. The predicted molar refractivity (Wildman–Crippen MR) is 79.9 cm³/mol. The van der Waals surface area contributed by atoms with Crippen LogP contribution in [0, 0.1) is 0 Å². The minimum absolute atomic E-state index is 0.0376. The number of hydrogen-bond donors (Lipinski definition) is 2. The fourth-order valence-electron chi connectivity index (χ4n) is 1.69. The molecular weight excluding hydrogens is 351 g/mol. The molecule has 1 saturated heterocycles. The number of hydrogen-bond acceptors (Lipinski definition) is 6. The van der Waals surface area contributed by atoms with Gasteiger partial charge in [-0.1, -0.05) is 23.9 Å². The van der Waals surface area contributed by atoms with Gasteiger partial charge in [-0.05, 0) is 12.1 Å². The minimum Gasteiger partial charge on any atom is -0.481 e. The maximum atomic E-state index is 12.3. The number of rotatable bonds is 5. The van der Waals surface area contributed by atoms with Crippen molar-refractivity contribution >= 4 is 35.0 Å². The number of nitrogens with one attached hydrogen (secondary N) is 1. The zero-order valence-corrected chi connectivity index (χ0v) is 12.6. The number of thioether (sulfide) groups is 1. The molecule has 1 heterocycles. The van der Waals surface area contributed by atoms with Crippen LogP contribution in [0.25, 0.3) is 0 Å². The van der Waals surface area contributed by atoms with Crippen molar-refractivity contribution in [2.45, 2.75) is 18.0 Å². The van der Waals surface area contributed by atoms with Gasteiger partial charge in [-0.15, -0.1) is 18.3 Å². The number of carbonyl (C=O) groups is 2. The van der Waals surface area contributed by atoms with Crippen LogP contribution in [0.5, 0.6) is 5.75 Å². The molecule has 11 heteroatoms. The molecule has 0 aromatic heterocycles. The zero-order chi connectivity index (χ0) is 17.7. The van der Waals surface area contributed by atoms with Gasteiger partial charge in [0.15, 0.2) is 5.17 Å². The molecule has 1 aromatic carbocycles. The van der Waals surface area contributed by atoms with E-state index in [4.69, 9.17) is 5.11 Å². The van der Waals surface area contributed by atoms with Gasteiger partial charge in [0.05, 0.1) is 12.6 Å². The number of alkyl halides is 3. The molecule has 24 heavy (non-hydrogen) atoms. The van der Waals surface area contributed by atoms with Gasteiger partial charge in [-0.2, -0.15) is 5.10 Å². The van der Waals surface area contributed by atoms with Crippen molar-refractivity contribution in [2.75, 3.05) is 0 Å². The lowest BCUT2D eigenvalue weighted by Gasteiger charge is -2.10. The number of benzene rings is 1. The van der Waals surface area contributed by atoms with Crippen LogP contribution in [0.4, 0.5) is 13.2 Å². The highest BCUT2D eigenvalue weighted by molar-refractivity contribution is 8.15. The van der Waals surface area contributed by atoms with Crippen LogP contribution >= 0.6 is 11.8 Å². The van der Waals surface area contributed by atoms with Crippen LogP contribution in [-0.2, 0) is 9.59 Å². The van der Waals surface area contributed by atoms with Gasteiger partial charge in [0.2, 0.25) is 5.91 Å². The van der Waals surface area contributed by atoms with E-state index in [9.17, 15) is 22.8 Å². The van der Waals surface area contributed by atoms with Gasteiger partial charge >= 0.3 is 12.3 Å². The molecule has 1 aromatic rings. The van der Waals surface area contributed by atoms with E-state index in [1.807, 2.05) is 0 Å². The fourth-order valence-corrected chi connectivity index (χ4v) is 2.61. The molecule has 0 spiro atoms. The van der Waals surface area contributed by atoms with Crippen molar-refractivity contribution in [3.63, 3.8) is 0 Å². The number of ether oxygens (including phenoxy) is 1. The Hall–Kier alpha value is -2.56. The Bertz CT molecular complexity index is 706. The van der Waals surface area contributed by atoms with E-state index in [2.05, 4.69) is 20.3 Å². The van der Waals surface area contributed by atoms with Gasteiger partial charge in [0.25, 0.3) is 0 Å². The molecule has 128 valence electrons. The lowest BCUT2D eigenvalue weighted by molar-refractivity contribution is -0.274. The minimum atomic E-state index is -4.84. The Morgan fingerprint density at radius 1 is 1.42 bits per heavy atom. The van der Waals surface area contributed by atoms with Crippen LogP contribution in [0.3, 0.4) is 0 Å². The largest absolute Gasteiger partial charge is 0.573 e. The molecule has 1 amide bonds. The number of amides is 1. The number of carboxylic acids is 1. The van der Waals surface area contributed by atoms with Crippen LogP contribution in [0.2, 0.25) is 0 Å². The molecule has 1 unspecified atom stereocenters. The van der Waals surface area contributed by atoms with Crippen molar-refractivity contribution in [2.24, 2.45) is 10.2 Å². The summed E-state index contributed by atoms with van der Waals surface area (Å²) in [5.74, 6) is -2.09. The van der Waals surface area contributed by atoms with Crippen LogP contribution < -0.4 is 10.1 Å². The Morgan fingerprint density at radius 2 is 2.12 bits per heavy atom. The SMILES string of the molecule is O=C(O)CC1SC(=NN=Cc2ccccc2OC(F)(F)F)NC1=O. The van der Waals surface area contributed by atoms with E-state index in [0.717, 1.165) is 24.0 Å². The van der Waals surface area contributed by atoms with Crippen molar-refractivity contribution in [3.05, 3.63) is 29.8 Å².